The quantitative estimate of drug-likeness (QED) is 0.881. The monoisotopic (exact) mass is 274 g/mol. The van der Waals surface area contributed by atoms with Gasteiger partial charge in [-0.15, -0.1) is 11.3 Å². The molecule has 100 valence electrons. The van der Waals surface area contributed by atoms with Crippen molar-refractivity contribution in [3.05, 3.63) is 41.0 Å². The molecule has 1 saturated carbocycles. The highest BCUT2D eigenvalue weighted by molar-refractivity contribution is 7.13. The van der Waals surface area contributed by atoms with Crippen molar-refractivity contribution in [2.45, 2.75) is 25.9 Å². The molecular weight excluding hydrogens is 256 g/mol. The second-order valence-corrected chi connectivity index (χ2v) is 5.98. The van der Waals surface area contributed by atoms with Crippen molar-refractivity contribution in [2.24, 2.45) is 5.92 Å². The molecule has 2 atom stereocenters. The van der Waals surface area contributed by atoms with Crippen LogP contribution in [0.4, 0.5) is 0 Å². The van der Waals surface area contributed by atoms with Crippen molar-refractivity contribution >= 4 is 11.3 Å². The minimum Gasteiger partial charge on any atom is -0.396 e. The second kappa shape index (κ2) is 5.41. The number of hydrogen-bond acceptors (Lipinski definition) is 4. The Bertz CT molecular complexity index is 550. The lowest BCUT2D eigenvalue weighted by Crippen LogP contribution is -2.18. The van der Waals surface area contributed by atoms with Crippen molar-refractivity contribution in [2.75, 3.05) is 6.61 Å². The highest BCUT2D eigenvalue weighted by Gasteiger charge is 2.35. The van der Waals surface area contributed by atoms with Crippen molar-refractivity contribution in [1.82, 2.24) is 10.3 Å². The number of benzene rings is 1. The number of thiazole rings is 1. The predicted octanol–water partition coefficient (Wildman–Crippen LogP) is 2.59. The molecule has 1 aliphatic carbocycles. The first-order valence-corrected chi connectivity index (χ1v) is 7.49. The normalized spacial score (nSPS) is 21.6. The minimum absolute atomic E-state index is 0.307. The van der Waals surface area contributed by atoms with E-state index < -0.39 is 0 Å². The summed E-state index contributed by atoms with van der Waals surface area (Å²) >= 11 is 1.69. The Morgan fingerprint density at radius 2 is 2.16 bits per heavy atom. The van der Waals surface area contributed by atoms with E-state index in [-0.39, 0.29) is 0 Å². The van der Waals surface area contributed by atoms with E-state index in [9.17, 15) is 0 Å². The van der Waals surface area contributed by atoms with E-state index in [4.69, 9.17) is 5.11 Å². The number of rotatable bonds is 5. The van der Waals surface area contributed by atoms with Crippen LogP contribution < -0.4 is 5.32 Å². The Labute approximate surface area is 117 Å². The Kier molecular flexibility index (Phi) is 3.64. The molecule has 3 nitrogen and oxygen atoms in total. The van der Waals surface area contributed by atoms with Gasteiger partial charge in [-0.05, 0) is 30.4 Å². The summed E-state index contributed by atoms with van der Waals surface area (Å²) in [5.74, 6) is 0.471. The van der Waals surface area contributed by atoms with Gasteiger partial charge in [0.15, 0.2) is 0 Å². The van der Waals surface area contributed by atoms with Gasteiger partial charge in [0.2, 0.25) is 0 Å². The Hall–Kier alpha value is -1.23. The van der Waals surface area contributed by atoms with Gasteiger partial charge in [0.1, 0.15) is 0 Å². The van der Waals surface area contributed by atoms with E-state index in [0.29, 0.717) is 18.6 Å². The first-order chi connectivity index (χ1) is 9.28. The van der Waals surface area contributed by atoms with Gasteiger partial charge in [-0.25, -0.2) is 4.98 Å². The zero-order valence-corrected chi connectivity index (χ0v) is 11.8. The highest BCUT2D eigenvalue weighted by atomic mass is 32.1. The predicted molar refractivity (Wildman–Crippen MR) is 78.1 cm³/mol. The molecule has 0 aliphatic heterocycles. The zero-order chi connectivity index (χ0) is 13.2. The molecule has 1 heterocycles. The fourth-order valence-electron chi connectivity index (χ4n) is 2.30. The molecule has 3 rings (SSSR count). The molecule has 1 fully saturated rings. The molecule has 0 amide bonds. The highest BCUT2D eigenvalue weighted by Crippen LogP contribution is 2.30. The van der Waals surface area contributed by atoms with E-state index in [0.717, 1.165) is 18.7 Å². The van der Waals surface area contributed by atoms with Gasteiger partial charge in [0.05, 0.1) is 16.1 Å². The molecule has 0 spiro atoms. The average molecular weight is 274 g/mol. The molecule has 2 N–H and O–H groups in total. The van der Waals surface area contributed by atoms with E-state index in [2.05, 4.69) is 34.6 Å². The molecule has 0 radical (unpaired) electrons. The third kappa shape index (κ3) is 2.86. The largest absolute Gasteiger partial charge is 0.396 e. The maximum Gasteiger partial charge on any atom is 0.0801 e. The van der Waals surface area contributed by atoms with Crippen LogP contribution in [0.3, 0.4) is 0 Å². The Morgan fingerprint density at radius 3 is 2.74 bits per heavy atom. The van der Waals surface area contributed by atoms with Crippen LogP contribution in [0, 0.1) is 12.8 Å². The first kappa shape index (κ1) is 12.8. The standard InChI is InChI=1S/C15H18N2OS/c1-10-15(19-9-17-10)12-4-2-11(3-5-12)7-16-14-6-13(14)8-18/h2-5,9,13-14,16,18H,6-8H2,1H3/t13-,14+/m0/s1. The third-order valence-electron chi connectivity index (χ3n) is 3.69. The maximum absolute atomic E-state index is 9.00. The van der Waals surface area contributed by atoms with Crippen LogP contribution in [0.15, 0.2) is 29.8 Å². The van der Waals surface area contributed by atoms with Crippen LogP contribution in [-0.4, -0.2) is 22.7 Å². The average Bonchev–Trinajstić information content (AvgIpc) is 3.09. The Morgan fingerprint density at radius 1 is 1.37 bits per heavy atom. The van der Waals surface area contributed by atoms with Crippen LogP contribution in [0.2, 0.25) is 0 Å². The van der Waals surface area contributed by atoms with E-state index in [1.54, 1.807) is 11.3 Å². The van der Waals surface area contributed by atoms with E-state index >= 15 is 0 Å². The van der Waals surface area contributed by atoms with Crippen molar-refractivity contribution in [1.29, 1.82) is 0 Å². The number of hydrogen-bond donors (Lipinski definition) is 2. The van der Waals surface area contributed by atoms with Crippen LogP contribution >= 0.6 is 11.3 Å². The molecule has 1 aliphatic rings. The summed E-state index contributed by atoms with van der Waals surface area (Å²) in [5, 5.41) is 12.5. The van der Waals surface area contributed by atoms with E-state index in [1.807, 2.05) is 12.4 Å². The topological polar surface area (TPSA) is 45.2 Å². The van der Waals surface area contributed by atoms with Gasteiger partial charge in [-0.3, -0.25) is 0 Å². The summed E-state index contributed by atoms with van der Waals surface area (Å²) < 4.78 is 0. The summed E-state index contributed by atoms with van der Waals surface area (Å²) in [6.07, 6.45) is 1.11. The van der Waals surface area contributed by atoms with Crippen LogP contribution in [0.25, 0.3) is 10.4 Å². The molecule has 0 saturated heterocycles. The lowest BCUT2D eigenvalue weighted by molar-refractivity contribution is 0.270. The lowest BCUT2D eigenvalue weighted by atomic mass is 10.1. The van der Waals surface area contributed by atoms with Gasteiger partial charge >= 0.3 is 0 Å². The van der Waals surface area contributed by atoms with Crippen molar-refractivity contribution < 1.29 is 5.11 Å². The molecular formula is C15H18N2OS. The summed E-state index contributed by atoms with van der Waals surface area (Å²) in [7, 11) is 0. The van der Waals surface area contributed by atoms with Gasteiger partial charge < -0.3 is 10.4 Å². The second-order valence-electron chi connectivity index (χ2n) is 5.13. The third-order valence-corrected chi connectivity index (χ3v) is 4.66. The molecule has 19 heavy (non-hydrogen) atoms. The van der Waals surface area contributed by atoms with Crippen LogP contribution in [0.5, 0.6) is 0 Å². The summed E-state index contributed by atoms with van der Waals surface area (Å²) in [6, 6.07) is 9.16. The summed E-state index contributed by atoms with van der Waals surface area (Å²) in [4.78, 5) is 5.54. The molecule has 4 heteroatoms. The van der Waals surface area contributed by atoms with E-state index in [1.165, 1.54) is 16.0 Å². The van der Waals surface area contributed by atoms with Gasteiger partial charge in [0, 0.05) is 19.2 Å². The first-order valence-electron chi connectivity index (χ1n) is 6.61. The fourth-order valence-corrected chi connectivity index (χ4v) is 3.11. The van der Waals surface area contributed by atoms with Gasteiger partial charge in [-0.2, -0.15) is 0 Å². The molecule has 0 unspecified atom stereocenters. The molecule has 1 aromatic heterocycles. The number of aromatic nitrogens is 1. The number of nitrogens with zero attached hydrogens (tertiary/aromatic N) is 1. The van der Waals surface area contributed by atoms with Gasteiger partial charge in [-0.1, -0.05) is 24.3 Å². The maximum atomic E-state index is 9.00. The molecule has 2 aromatic rings. The number of nitrogens with one attached hydrogen (secondary N) is 1. The van der Waals surface area contributed by atoms with Crippen molar-refractivity contribution in [3.63, 3.8) is 0 Å². The Balaban J connectivity index is 1.61. The molecule has 1 aromatic carbocycles. The number of aryl methyl sites for hydroxylation is 1. The zero-order valence-electron chi connectivity index (χ0n) is 11.0. The number of aliphatic hydroxyl groups excluding tert-OH is 1. The SMILES string of the molecule is Cc1ncsc1-c1ccc(CN[C@@H]2C[C@H]2CO)cc1. The smallest absolute Gasteiger partial charge is 0.0801 e. The number of aliphatic hydroxyl groups is 1. The van der Waals surface area contributed by atoms with Gasteiger partial charge in [0.25, 0.3) is 0 Å². The lowest BCUT2D eigenvalue weighted by Gasteiger charge is -2.05. The molecule has 0 bridgehead atoms. The van der Waals surface area contributed by atoms with Crippen molar-refractivity contribution in [3.8, 4) is 10.4 Å². The minimum atomic E-state index is 0.307. The summed E-state index contributed by atoms with van der Waals surface area (Å²) in [5.41, 5.74) is 5.51. The summed E-state index contributed by atoms with van der Waals surface area (Å²) in [6.45, 7) is 3.23. The fraction of sp³-hybridized carbons (Fsp3) is 0.400. The van der Waals surface area contributed by atoms with Crippen LogP contribution in [0.1, 0.15) is 17.7 Å². The van der Waals surface area contributed by atoms with Crippen LogP contribution in [-0.2, 0) is 6.54 Å².